The van der Waals surface area contributed by atoms with Crippen molar-refractivity contribution in [3.63, 3.8) is 0 Å². The monoisotopic (exact) mass is 963 g/mol. The molecule has 0 aromatic carbocycles. The van der Waals surface area contributed by atoms with Crippen LogP contribution in [-0.4, -0.2) is 202 Å². The molecule has 0 radical (unpaired) electrons. The highest BCUT2D eigenvalue weighted by molar-refractivity contribution is 5.31. The summed E-state index contributed by atoms with van der Waals surface area (Å²) in [5.41, 5.74) is -1.22. The first-order valence-corrected chi connectivity index (χ1v) is 24.5. The van der Waals surface area contributed by atoms with Crippen LogP contribution in [0.25, 0.3) is 0 Å². The molecule has 3 heterocycles. The van der Waals surface area contributed by atoms with E-state index in [4.69, 9.17) is 28.4 Å². The molecule has 4 aliphatic carbocycles. The molecule has 19 nitrogen and oxygen atoms in total. The van der Waals surface area contributed by atoms with E-state index in [0.29, 0.717) is 25.7 Å². The van der Waals surface area contributed by atoms with Crippen molar-refractivity contribution in [2.45, 2.75) is 223 Å². The minimum atomic E-state index is -1.99. The highest BCUT2D eigenvalue weighted by Crippen LogP contribution is 2.75. The Bertz CT molecular complexity index is 1710. The summed E-state index contributed by atoms with van der Waals surface area (Å²) < 4.78 is 35.3. The number of hydrogen-bond donors (Lipinski definition) is 13. The van der Waals surface area contributed by atoms with Crippen molar-refractivity contribution in [1.82, 2.24) is 0 Å². The van der Waals surface area contributed by atoms with Gasteiger partial charge in [-0.25, -0.2) is 0 Å². The Morgan fingerprint density at radius 2 is 1.18 bits per heavy atom. The van der Waals surface area contributed by atoms with Crippen molar-refractivity contribution in [2.24, 2.45) is 45.3 Å². The molecule has 19 heteroatoms. The lowest BCUT2D eigenvalue weighted by Crippen LogP contribution is -2.67. The van der Waals surface area contributed by atoms with Crippen LogP contribution in [0.2, 0.25) is 0 Å². The van der Waals surface area contributed by atoms with Crippen LogP contribution in [0, 0.1) is 45.3 Å². The molecule has 67 heavy (non-hydrogen) atoms. The number of aliphatic hydroxyl groups excluding tert-OH is 12. The van der Waals surface area contributed by atoms with Crippen molar-refractivity contribution < 1.29 is 94.8 Å². The SMILES string of the molecule is C[C@H](CC[C@@H](O[C@@H]1O[C@H](CO)[C@@H](O)[C@H](O)[C@H]1O[C@@H]1O[C@H](CO)[C@@H](O[C@@H]2O[C@H](CO)[C@@H](O)[C@H](O)[C@H]2O)[C@H](O)[C@H]1O)C(C)(C)O)C1CC[C@@]2(C)C3CC=C4C(CC[C@H](O)C4(C)C)[C@]3(C)[C@H](O)C[C@]12C. The van der Waals surface area contributed by atoms with Gasteiger partial charge in [-0.2, -0.15) is 0 Å². The normalized spacial score (nSPS) is 51.0. The fourth-order valence-electron chi connectivity index (χ4n) is 14.2. The van der Waals surface area contributed by atoms with E-state index in [9.17, 15) is 66.4 Å². The zero-order valence-corrected chi connectivity index (χ0v) is 40.3. The molecular formula is C48H82O19. The molecule has 13 N–H and O–H groups in total. The number of aliphatic hydroxyl groups is 13. The average molecular weight is 963 g/mol. The van der Waals surface area contributed by atoms with E-state index in [2.05, 4.69) is 47.6 Å². The Morgan fingerprint density at radius 3 is 1.78 bits per heavy atom. The maximum absolute atomic E-state index is 12.4. The second kappa shape index (κ2) is 19.8. The first kappa shape index (κ1) is 53.8. The van der Waals surface area contributed by atoms with Gasteiger partial charge in [0.2, 0.25) is 0 Å². The predicted molar refractivity (Wildman–Crippen MR) is 235 cm³/mol. The Morgan fingerprint density at radius 1 is 0.642 bits per heavy atom. The summed E-state index contributed by atoms with van der Waals surface area (Å²) in [6.07, 6.45) is -19.3. The molecule has 3 saturated carbocycles. The van der Waals surface area contributed by atoms with Crippen molar-refractivity contribution >= 4 is 0 Å². The molecule has 3 unspecified atom stereocenters. The molecule has 25 atom stereocenters. The lowest BCUT2D eigenvalue weighted by atomic mass is 9.38. The summed E-state index contributed by atoms with van der Waals surface area (Å²) >= 11 is 0. The fourth-order valence-corrected chi connectivity index (χ4v) is 14.2. The summed E-state index contributed by atoms with van der Waals surface area (Å²) in [7, 11) is 0. The summed E-state index contributed by atoms with van der Waals surface area (Å²) in [5.74, 6) is 0.748. The highest BCUT2D eigenvalue weighted by atomic mass is 16.8. The summed E-state index contributed by atoms with van der Waals surface area (Å²) in [5, 5.41) is 141. The molecule has 0 spiro atoms. The second-order valence-corrected chi connectivity index (χ2v) is 23.0. The van der Waals surface area contributed by atoms with E-state index in [0.717, 1.165) is 25.7 Å². The van der Waals surface area contributed by atoms with Gasteiger partial charge >= 0.3 is 0 Å². The standard InChI is InChI=1S/C48H82O19/c1-21(22-15-16-46(6)28-12-10-23-24(11-13-29(52)44(23,2)3)48(28,8)30(53)17-47(22,46)7)9-14-31(45(4,5)61)65-43-40(35(57)33(55)26(19-50)63-43)67-42-38(60)36(58)39(27(20-51)64-42)66-41-37(59)34(56)32(54)25(18-49)62-41/h10,21-22,24-43,49-61H,9,11-20H2,1-8H3/t21-,22?,24?,25-,26-,27-,28?,29+,30-,31-,32-,33-,34+,35+,36-,37-,38-,39-,40-,41+,42+,43+,46+,47-,48+/m1/s1. The van der Waals surface area contributed by atoms with Crippen molar-refractivity contribution in [1.29, 1.82) is 0 Å². The van der Waals surface area contributed by atoms with Gasteiger partial charge in [0.05, 0.1) is 43.7 Å². The van der Waals surface area contributed by atoms with Crippen molar-refractivity contribution in [3.8, 4) is 0 Å². The van der Waals surface area contributed by atoms with E-state index in [1.807, 2.05) is 0 Å². The number of fused-ring (bicyclic) bond motifs is 5. The van der Waals surface area contributed by atoms with Crippen LogP contribution in [0.1, 0.15) is 107 Å². The lowest BCUT2D eigenvalue weighted by Gasteiger charge is -2.67. The van der Waals surface area contributed by atoms with E-state index in [1.54, 1.807) is 13.8 Å². The zero-order chi connectivity index (χ0) is 49.5. The third-order valence-corrected chi connectivity index (χ3v) is 18.7. The molecule has 388 valence electrons. The van der Waals surface area contributed by atoms with Crippen LogP contribution in [0.3, 0.4) is 0 Å². The molecule has 7 rings (SSSR count). The smallest absolute Gasteiger partial charge is 0.187 e. The Hall–Kier alpha value is -1.02. The van der Waals surface area contributed by atoms with Crippen LogP contribution in [0.15, 0.2) is 11.6 Å². The Kier molecular flexibility index (Phi) is 15.9. The summed E-state index contributed by atoms with van der Waals surface area (Å²) in [6.45, 7) is 14.2. The van der Waals surface area contributed by atoms with Crippen molar-refractivity contribution in [3.05, 3.63) is 11.6 Å². The van der Waals surface area contributed by atoms with Gasteiger partial charge in [0, 0.05) is 10.8 Å². The third-order valence-electron chi connectivity index (χ3n) is 18.7. The average Bonchev–Trinajstić information content (AvgIpc) is 3.54. The maximum atomic E-state index is 12.4. The molecule has 0 amide bonds. The van der Waals surface area contributed by atoms with Crippen LogP contribution in [-0.2, 0) is 28.4 Å². The van der Waals surface area contributed by atoms with Gasteiger partial charge in [-0.05, 0) is 99.7 Å². The Balaban J connectivity index is 1.06. The van der Waals surface area contributed by atoms with Gasteiger partial charge in [-0.15, -0.1) is 0 Å². The van der Waals surface area contributed by atoms with E-state index in [-0.39, 0.29) is 45.3 Å². The minimum absolute atomic E-state index is 0.0779. The van der Waals surface area contributed by atoms with Gasteiger partial charge in [-0.1, -0.05) is 53.2 Å². The quantitative estimate of drug-likeness (QED) is 0.0924. The number of allylic oxidation sites excluding steroid dienone is 1. The largest absolute Gasteiger partial charge is 0.394 e. The van der Waals surface area contributed by atoms with Crippen LogP contribution in [0.4, 0.5) is 0 Å². The summed E-state index contributed by atoms with van der Waals surface area (Å²) in [6, 6.07) is 0. The van der Waals surface area contributed by atoms with Gasteiger partial charge in [0.1, 0.15) is 73.2 Å². The molecule has 3 saturated heterocycles. The molecule has 3 aliphatic heterocycles. The molecule has 7 aliphatic rings. The molecule has 0 aromatic rings. The minimum Gasteiger partial charge on any atom is -0.394 e. The lowest BCUT2D eigenvalue weighted by molar-refractivity contribution is -0.389. The molecular weight excluding hydrogens is 881 g/mol. The van der Waals surface area contributed by atoms with Gasteiger partial charge in [-0.3, -0.25) is 0 Å². The van der Waals surface area contributed by atoms with E-state index >= 15 is 0 Å². The topological polar surface area (TPSA) is 318 Å². The van der Waals surface area contributed by atoms with E-state index < -0.39 is 136 Å². The number of rotatable bonds is 14. The third kappa shape index (κ3) is 9.13. The van der Waals surface area contributed by atoms with Crippen molar-refractivity contribution in [2.75, 3.05) is 19.8 Å². The molecule has 0 aromatic heterocycles. The summed E-state index contributed by atoms with van der Waals surface area (Å²) in [4.78, 5) is 0. The van der Waals surface area contributed by atoms with Crippen LogP contribution in [0.5, 0.6) is 0 Å². The highest BCUT2D eigenvalue weighted by Gasteiger charge is 2.70. The van der Waals surface area contributed by atoms with Crippen LogP contribution >= 0.6 is 0 Å². The van der Waals surface area contributed by atoms with Gasteiger partial charge in [0.15, 0.2) is 18.9 Å². The number of hydrogen-bond acceptors (Lipinski definition) is 19. The van der Waals surface area contributed by atoms with Gasteiger partial charge < -0.3 is 94.8 Å². The predicted octanol–water partition coefficient (Wildman–Crippen LogP) is -1.06. The molecule has 0 bridgehead atoms. The first-order valence-electron chi connectivity index (χ1n) is 24.5. The maximum Gasteiger partial charge on any atom is 0.187 e. The molecule has 6 fully saturated rings. The van der Waals surface area contributed by atoms with Gasteiger partial charge in [0.25, 0.3) is 0 Å². The Labute approximate surface area is 393 Å². The van der Waals surface area contributed by atoms with Crippen LogP contribution < -0.4 is 0 Å². The first-order chi connectivity index (χ1) is 31.2. The number of ether oxygens (including phenoxy) is 6. The second-order valence-electron chi connectivity index (χ2n) is 23.0. The van der Waals surface area contributed by atoms with E-state index in [1.165, 1.54) is 5.57 Å². The zero-order valence-electron chi connectivity index (χ0n) is 40.3. The fraction of sp³-hybridized carbons (Fsp3) is 0.958.